The molecule has 2 N–H and O–H groups in total. The molecule has 0 aliphatic carbocycles. The fourth-order valence-corrected chi connectivity index (χ4v) is 3.46. The van der Waals surface area contributed by atoms with E-state index in [-0.39, 0.29) is 0 Å². The lowest BCUT2D eigenvalue weighted by atomic mass is 10.1. The van der Waals surface area contributed by atoms with Crippen LogP contribution in [0.3, 0.4) is 0 Å². The second kappa shape index (κ2) is 11.0. The van der Waals surface area contributed by atoms with E-state index in [0.717, 1.165) is 64.8 Å². The molecular weight excluding hydrogens is 316 g/mol. The topological polar surface area (TPSA) is 58.1 Å². The van der Waals surface area contributed by atoms with Crippen molar-refractivity contribution < 1.29 is 9.47 Å². The standard InChI is InChI=1S/C19H38N4O2/c1-5-20-19(22-18-13-23(15(2)3)12-16(18)4)21-9-7-10-24-14-17-8-6-11-25-17/h15-18H,5-14H2,1-4H3,(H2,20,21,22). The fraction of sp³-hybridized carbons (Fsp3) is 0.947. The molecule has 2 aliphatic rings. The number of hydrogen-bond donors (Lipinski definition) is 2. The molecule has 0 spiro atoms. The molecule has 2 saturated heterocycles. The zero-order valence-corrected chi connectivity index (χ0v) is 16.6. The summed E-state index contributed by atoms with van der Waals surface area (Å²) in [6.45, 7) is 15.3. The van der Waals surface area contributed by atoms with E-state index >= 15 is 0 Å². The average molecular weight is 355 g/mol. The summed E-state index contributed by atoms with van der Waals surface area (Å²) in [5.41, 5.74) is 0. The van der Waals surface area contributed by atoms with E-state index < -0.39 is 0 Å². The van der Waals surface area contributed by atoms with Gasteiger partial charge in [-0.2, -0.15) is 0 Å². The zero-order chi connectivity index (χ0) is 18.1. The van der Waals surface area contributed by atoms with E-state index in [2.05, 4.69) is 43.2 Å². The van der Waals surface area contributed by atoms with E-state index in [4.69, 9.17) is 14.5 Å². The summed E-state index contributed by atoms with van der Waals surface area (Å²) >= 11 is 0. The second-order valence-electron chi connectivity index (χ2n) is 7.60. The lowest BCUT2D eigenvalue weighted by Crippen LogP contribution is -2.46. The quantitative estimate of drug-likeness (QED) is 0.376. The molecule has 2 rings (SSSR count). The monoisotopic (exact) mass is 354 g/mol. The molecule has 2 heterocycles. The summed E-state index contributed by atoms with van der Waals surface area (Å²) in [4.78, 5) is 7.25. The second-order valence-corrected chi connectivity index (χ2v) is 7.60. The molecule has 2 fully saturated rings. The van der Waals surface area contributed by atoms with Crippen LogP contribution in [0.5, 0.6) is 0 Å². The van der Waals surface area contributed by atoms with Gasteiger partial charge >= 0.3 is 0 Å². The third kappa shape index (κ3) is 7.12. The van der Waals surface area contributed by atoms with Crippen molar-refractivity contribution in [2.45, 2.75) is 65.1 Å². The molecule has 146 valence electrons. The van der Waals surface area contributed by atoms with Gasteiger partial charge in [0.05, 0.1) is 12.7 Å². The molecule has 0 bridgehead atoms. The van der Waals surface area contributed by atoms with Gasteiger partial charge in [-0.3, -0.25) is 9.89 Å². The first-order chi connectivity index (χ1) is 12.1. The third-order valence-corrected chi connectivity index (χ3v) is 5.08. The van der Waals surface area contributed by atoms with Gasteiger partial charge in [0, 0.05) is 51.5 Å². The molecule has 6 nitrogen and oxygen atoms in total. The highest BCUT2D eigenvalue weighted by Crippen LogP contribution is 2.18. The molecule has 0 saturated carbocycles. The minimum Gasteiger partial charge on any atom is -0.379 e. The fourth-order valence-electron chi connectivity index (χ4n) is 3.46. The first-order valence-electron chi connectivity index (χ1n) is 10.1. The van der Waals surface area contributed by atoms with Crippen LogP contribution in [0.1, 0.15) is 47.0 Å². The van der Waals surface area contributed by atoms with Crippen LogP contribution in [0.2, 0.25) is 0 Å². The first-order valence-corrected chi connectivity index (χ1v) is 10.1. The Bertz CT molecular complexity index is 397. The summed E-state index contributed by atoms with van der Waals surface area (Å²) in [7, 11) is 0. The summed E-state index contributed by atoms with van der Waals surface area (Å²) < 4.78 is 11.3. The van der Waals surface area contributed by atoms with E-state index in [0.29, 0.717) is 24.1 Å². The predicted molar refractivity (Wildman–Crippen MR) is 103 cm³/mol. The molecule has 0 aromatic rings. The molecular formula is C19H38N4O2. The van der Waals surface area contributed by atoms with Crippen LogP contribution in [0.15, 0.2) is 4.99 Å². The number of ether oxygens (including phenoxy) is 2. The van der Waals surface area contributed by atoms with Crippen molar-refractivity contribution in [2.24, 2.45) is 10.9 Å². The summed E-state index contributed by atoms with van der Waals surface area (Å²) in [5, 5.41) is 6.99. The van der Waals surface area contributed by atoms with Crippen molar-refractivity contribution in [3.05, 3.63) is 0 Å². The third-order valence-electron chi connectivity index (χ3n) is 5.08. The van der Waals surface area contributed by atoms with Crippen molar-refractivity contribution in [1.29, 1.82) is 0 Å². The van der Waals surface area contributed by atoms with Gasteiger partial charge in [0.1, 0.15) is 0 Å². The van der Waals surface area contributed by atoms with Gasteiger partial charge in [-0.05, 0) is 46.0 Å². The molecule has 0 aromatic heterocycles. The maximum atomic E-state index is 5.71. The van der Waals surface area contributed by atoms with Gasteiger partial charge in [0.15, 0.2) is 5.96 Å². The van der Waals surface area contributed by atoms with Crippen molar-refractivity contribution in [3.8, 4) is 0 Å². The molecule has 6 heteroatoms. The van der Waals surface area contributed by atoms with Gasteiger partial charge in [-0.15, -0.1) is 0 Å². The Balaban J connectivity index is 1.67. The van der Waals surface area contributed by atoms with Crippen molar-refractivity contribution >= 4 is 5.96 Å². The van der Waals surface area contributed by atoms with Gasteiger partial charge < -0.3 is 20.1 Å². The van der Waals surface area contributed by atoms with Crippen LogP contribution >= 0.6 is 0 Å². The van der Waals surface area contributed by atoms with E-state index in [1.807, 2.05) is 0 Å². The zero-order valence-electron chi connectivity index (χ0n) is 16.6. The van der Waals surface area contributed by atoms with Crippen LogP contribution in [0.4, 0.5) is 0 Å². The molecule has 3 unspecified atom stereocenters. The summed E-state index contributed by atoms with van der Waals surface area (Å²) in [5.74, 6) is 1.57. The number of rotatable bonds is 9. The highest BCUT2D eigenvalue weighted by Gasteiger charge is 2.31. The Labute approximate surface area is 153 Å². The van der Waals surface area contributed by atoms with Crippen molar-refractivity contribution in [2.75, 3.05) is 46.0 Å². The Morgan fingerprint density at radius 2 is 2.20 bits per heavy atom. The Morgan fingerprint density at radius 1 is 1.36 bits per heavy atom. The first kappa shape index (κ1) is 20.5. The largest absolute Gasteiger partial charge is 0.379 e. The van der Waals surface area contributed by atoms with Crippen molar-refractivity contribution in [3.63, 3.8) is 0 Å². The number of likely N-dealkylation sites (tertiary alicyclic amines) is 1. The highest BCUT2D eigenvalue weighted by molar-refractivity contribution is 5.80. The van der Waals surface area contributed by atoms with Crippen LogP contribution < -0.4 is 10.6 Å². The molecule has 0 radical (unpaired) electrons. The normalized spacial score (nSPS) is 28.0. The van der Waals surface area contributed by atoms with Crippen LogP contribution in [0.25, 0.3) is 0 Å². The van der Waals surface area contributed by atoms with E-state index in [9.17, 15) is 0 Å². The summed E-state index contributed by atoms with van der Waals surface area (Å²) in [6.07, 6.45) is 3.57. The van der Waals surface area contributed by atoms with E-state index in [1.165, 1.54) is 6.42 Å². The maximum absolute atomic E-state index is 5.71. The van der Waals surface area contributed by atoms with Crippen LogP contribution in [0, 0.1) is 5.92 Å². The number of aliphatic imine (C=N–C) groups is 1. The lowest BCUT2D eigenvalue weighted by molar-refractivity contribution is 0.0171. The lowest BCUT2D eigenvalue weighted by Gasteiger charge is -2.22. The SMILES string of the molecule is CCNC(=NCCCOCC1CCCO1)NC1CN(C(C)C)CC1C. The van der Waals surface area contributed by atoms with Gasteiger partial charge in [-0.25, -0.2) is 0 Å². The number of hydrogen-bond acceptors (Lipinski definition) is 4. The number of nitrogens with zero attached hydrogens (tertiary/aromatic N) is 2. The van der Waals surface area contributed by atoms with Gasteiger partial charge in [-0.1, -0.05) is 6.92 Å². The average Bonchev–Trinajstić information content (AvgIpc) is 3.21. The van der Waals surface area contributed by atoms with Crippen LogP contribution in [-0.2, 0) is 9.47 Å². The Kier molecular flexibility index (Phi) is 8.99. The maximum Gasteiger partial charge on any atom is 0.191 e. The molecule has 0 amide bonds. The minimum absolute atomic E-state index is 0.315. The minimum atomic E-state index is 0.315. The highest BCUT2D eigenvalue weighted by atomic mass is 16.5. The Hall–Kier alpha value is -0.850. The number of nitrogens with one attached hydrogen (secondary N) is 2. The molecule has 2 aliphatic heterocycles. The molecule has 0 aromatic carbocycles. The van der Waals surface area contributed by atoms with Crippen molar-refractivity contribution in [1.82, 2.24) is 15.5 Å². The predicted octanol–water partition coefficient (Wildman–Crippen LogP) is 1.86. The molecule has 3 atom stereocenters. The smallest absolute Gasteiger partial charge is 0.191 e. The summed E-state index contributed by atoms with van der Waals surface area (Å²) in [6, 6.07) is 1.07. The van der Waals surface area contributed by atoms with Gasteiger partial charge in [0.2, 0.25) is 0 Å². The van der Waals surface area contributed by atoms with Crippen LogP contribution in [-0.4, -0.2) is 75.0 Å². The number of guanidine groups is 1. The Morgan fingerprint density at radius 3 is 2.84 bits per heavy atom. The van der Waals surface area contributed by atoms with Gasteiger partial charge in [0.25, 0.3) is 0 Å². The molecule has 25 heavy (non-hydrogen) atoms. The van der Waals surface area contributed by atoms with E-state index in [1.54, 1.807) is 0 Å².